The van der Waals surface area contributed by atoms with Gasteiger partial charge >= 0.3 is 6.18 Å². The van der Waals surface area contributed by atoms with Gasteiger partial charge in [0.05, 0.1) is 18.0 Å². The Hall–Kier alpha value is -2.19. The molecule has 1 N–H and O–H groups in total. The third-order valence-electron chi connectivity index (χ3n) is 4.47. The molecule has 0 radical (unpaired) electrons. The van der Waals surface area contributed by atoms with Crippen LogP contribution < -0.4 is 10.3 Å². The molecule has 2 aromatic rings. The molecule has 1 fully saturated rings. The fraction of sp³-hybridized carbons (Fsp3) is 0.389. The van der Waals surface area contributed by atoms with Gasteiger partial charge in [-0.2, -0.15) is 13.2 Å². The predicted octanol–water partition coefficient (Wildman–Crippen LogP) is 3.43. The van der Waals surface area contributed by atoms with E-state index >= 15 is 0 Å². The lowest BCUT2D eigenvalue weighted by atomic mass is 10.1. The van der Waals surface area contributed by atoms with E-state index in [9.17, 15) is 23.1 Å². The first-order chi connectivity index (χ1) is 12.8. The van der Waals surface area contributed by atoms with Crippen molar-refractivity contribution in [2.75, 3.05) is 31.1 Å². The summed E-state index contributed by atoms with van der Waals surface area (Å²) in [5, 5.41) is 9.89. The molecule has 1 aromatic carbocycles. The standard InChI is InChI=1S/C18H18ClF3N2O3/c19-10-14-9-15(25)17(26)16(27-14)11-23-5-7-24(8-6-23)13-3-1-12(2-4-13)18(20,21)22/h1-4,9,26H,5-8,10-11H2. The lowest BCUT2D eigenvalue weighted by molar-refractivity contribution is -0.137. The molecule has 0 spiro atoms. The number of halogens is 4. The Kier molecular flexibility index (Phi) is 5.67. The van der Waals surface area contributed by atoms with Gasteiger partial charge < -0.3 is 14.4 Å². The van der Waals surface area contributed by atoms with Gasteiger partial charge in [0.1, 0.15) is 5.76 Å². The molecule has 1 aromatic heterocycles. The van der Waals surface area contributed by atoms with Gasteiger partial charge in [-0.3, -0.25) is 9.69 Å². The highest BCUT2D eigenvalue weighted by Crippen LogP contribution is 2.30. The zero-order valence-corrected chi connectivity index (χ0v) is 15.1. The van der Waals surface area contributed by atoms with E-state index < -0.39 is 22.9 Å². The maximum Gasteiger partial charge on any atom is 0.416 e. The number of piperazine rings is 1. The molecule has 0 saturated carbocycles. The van der Waals surface area contributed by atoms with Crippen molar-refractivity contribution in [1.82, 2.24) is 4.90 Å². The zero-order valence-electron chi connectivity index (χ0n) is 14.3. The molecule has 0 aliphatic carbocycles. The summed E-state index contributed by atoms with van der Waals surface area (Å²) < 4.78 is 43.4. The number of alkyl halides is 4. The Morgan fingerprint density at radius 3 is 2.30 bits per heavy atom. The van der Waals surface area contributed by atoms with Crippen molar-refractivity contribution in [1.29, 1.82) is 0 Å². The first kappa shape index (κ1) is 19.6. The van der Waals surface area contributed by atoms with Gasteiger partial charge in [-0.05, 0) is 24.3 Å². The first-order valence-electron chi connectivity index (χ1n) is 8.33. The van der Waals surface area contributed by atoms with Crippen LogP contribution in [-0.4, -0.2) is 36.2 Å². The SMILES string of the molecule is O=c1cc(CCl)oc(CN2CCN(c3ccc(C(F)(F)F)cc3)CC2)c1O. The minimum absolute atomic E-state index is 0.0320. The van der Waals surface area contributed by atoms with Gasteiger partial charge in [0, 0.05) is 37.9 Å². The van der Waals surface area contributed by atoms with E-state index in [4.69, 9.17) is 16.0 Å². The van der Waals surface area contributed by atoms with Gasteiger partial charge in [0.25, 0.3) is 0 Å². The molecule has 0 unspecified atom stereocenters. The van der Waals surface area contributed by atoms with Crippen molar-refractivity contribution in [3.63, 3.8) is 0 Å². The molecule has 146 valence electrons. The maximum absolute atomic E-state index is 12.7. The van der Waals surface area contributed by atoms with Gasteiger partial charge in [-0.15, -0.1) is 11.6 Å². The van der Waals surface area contributed by atoms with Crippen LogP contribution in [0.4, 0.5) is 18.9 Å². The molecule has 3 rings (SSSR count). The Morgan fingerprint density at radius 1 is 1.11 bits per heavy atom. The minimum Gasteiger partial charge on any atom is -0.502 e. The molecule has 5 nitrogen and oxygen atoms in total. The van der Waals surface area contributed by atoms with Crippen molar-refractivity contribution in [3.8, 4) is 5.75 Å². The summed E-state index contributed by atoms with van der Waals surface area (Å²) in [6.07, 6.45) is -4.35. The Bertz CT molecular complexity index is 844. The maximum atomic E-state index is 12.7. The van der Waals surface area contributed by atoms with E-state index in [0.717, 1.165) is 23.9 Å². The lowest BCUT2D eigenvalue weighted by Gasteiger charge is -2.36. The number of benzene rings is 1. The van der Waals surface area contributed by atoms with Crippen LogP contribution in [0.3, 0.4) is 0 Å². The van der Waals surface area contributed by atoms with Crippen LogP contribution in [0.1, 0.15) is 17.1 Å². The number of hydrogen-bond donors (Lipinski definition) is 1. The normalized spacial score (nSPS) is 15.9. The molecule has 2 heterocycles. The molecular formula is C18H18ClF3N2O3. The fourth-order valence-electron chi connectivity index (χ4n) is 2.99. The molecular weight excluding hydrogens is 385 g/mol. The topological polar surface area (TPSA) is 56.9 Å². The van der Waals surface area contributed by atoms with E-state index in [0.29, 0.717) is 26.2 Å². The summed E-state index contributed by atoms with van der Waals surface area (Å²) in [6.45, 7) is 2.67. The average Bonchev–Trinajstić information content (AvgIpc) is 2.65. The summed E-state index contributed by atoms with van der Waals surface area (Å²) in [4.78, 5) is 15.7. The van der Waals surface area contributed by atoms with Crippen molar-refractivity contribution in [2.45, 2.75) is 18.6 Å². The van der Waals surface area contributed by atoms with E-state index in [1.807, 2.05) is 9.80 Å². The van der Waals surface area contributed by atoms with Crippen molar-refractivity contribution < 1.29 is 22.7 Å². The van der Waals surface area contributed by atoms with Crippen LogP contribution in [0.5, 0.6) is 5.75 Å². The monoisotopic (exact) mass is 402 g/mol. The Labute approximate surface area is 158 Å². The predicted molar refractivity (Wildman–Crippen MR) is 95.1 cm³/mol. The molecule has 0 atom stereocenters. The van der Waals surface area contributed by atoms with Crippen LogP contribution in [0.2, 0.25) is 0 Å². The van der Waals surface area contributed by atoms with Crippen LogP contribution in [-0.2, 0) is 18.6 Å². The minimum atomic E-state index is -4.35. The van der Waals surface area contributed by atoms with E-state index in [-0.39, 0.29) is 23.9 Å². The Morgan fingerprint density at radius 2 is 1.74 bits per heavy atom. The van der Waals surface area contributed by atoms with Crippen molar-refractivity contribution >= 4 is 17.3 Å². The fourth-order valence-corrected chi connectivity index (χ4v) is 3.12. The van der Waals surface area contributed by atoms with E-state index in [2.05, 4.69) is 0 Å². The highest BCUT2D eigenvalue weighted by molar-refractivity contribution is 6.16. The molecule has 1 saturated heterocycles. The quantitative estimate of drug-likeness (QED) is 0.794. The van der Waals surface area contributed by atoms with Gasteiger partial charge in [0.2, 0.25) is 11.2 Å². The van der Waals surface area contributed by atoms with Gasteiger partial charge in [0.15, 0.2) is 5.76 Å². The number of aromatic hydroxyl groups is 1. The second-order valence-electron chi connectivity index (χ2n) is 6.29. The lowest BCUT2D eigenvalue weighted by Crippen LogP contribution is -2.46. The second-order valence-corrected chi connectivity index (χ2v) is 6.56. The van der Waals surface area contributed by atoms with Crippen LogP contribution in [0.15, 0.2) is 39.5 Å². The van der Waals surface area contributed by atoms with Crippen LogP contribution in [0.25, 0.3) is 0 Å². The average molecular weight is 403 g/mol. The highest BCUT2D eigenvalue weighted by atomic mass is 35.5. The zero-order chi connectivity index (χ0) is 19.6. The number of nitrogens with zero attached hydrogens (tertiary/aromatic N) is 2. The van der Waals surface area contributed by atoms with Crippen molar-refractivity contribution in [2.24, 2.45) is 0 Å². The van der Waals surface area contributed by atoms with Crippen molar-refractivity contribution in [3.05, 3.63) is 57.6 Å². The highest BCUT2D eigenvalue weighted by Gasteiger charge is 2.30. The summed E-state index contributed by atoms with van der Waals surface area (Å²) in [7, 11) is 0. The summed E-state index contributed by atoms with van der Waals surface area (Å²) in [5.74, 6) is 0.0672. The first-order valence-corrected chi connectivity index (χ1v) is 8.87. The molecule has 0 bridgehead atoms. The third kappa shape index (κ3) is 4.56. The summed E-state index contributed by atoms with van der Waals surface area (Å²) in [5.41, 5.74) is -0.481. The molecule has 1 aliphatic rings. The molecule has 27 heavy (non-hydrogen) atoms. The van der Waals surface area contributed by atoms with Crippen LogP contribution >= 0.6 is 11.6 Å². The molecule has 1 aliphatic heterocycles. The van der Waals surface area contributed by atoms with E-state index in [1.165, 1.54) is 12.1 Å². The summed E-state index contributed by atoms with van der Waals surface area (Å²) >= 11 is 5.69. The number of hydrogen-bond acceptors (Lipinski definition) is 5. The second kappa shape index (κ2) is 7.82. The largest absolute Gasteiger partial charge is 0.502 e. The third-order valence-corrected chi connectivity index (χ3v) is 4.74. The summed E-state index contributed by atoms with van der Waals surface area (Å²) in [6, 6.07) is 6.24. The Balaban J connectivity index is 1.63. The molecule has 9 heteroatoms. The van der Waals surface area contributed by atoms with Gasteiger partial charge in [-0.1, -0.05) is 0 Å². The smallest absolute Gasteiger partial charge is 0.416 e. The van der Waals surface area contributed by atoms with E-state index in [1.54, 1.807) is 0 Å². The number of rotatable bonds is 4. The van der Waals surface area contributed by atoms with Gasteiger partial charge in [-0.25, -0.2) is 0 Å². The molecule has 0 amide bonds. The number of anilines is 1. The van der Waals surface area contributed by atoms with Crippen LogP contribution in [0, 0.1) is 0 Å².